The summed E-state index contributed by atoms with van der Waals surface area (Å²) in [4.78, 5) is 23.8. The van der Waals surface area contributed by atoms with Gasteiger partial charge < -0.3 is 10.6 Å². The molecule has 0 saturated carbocycles. The van der Waals surface area contributed by atoms with E-state index >= 15 is 0 Å². The number of nitrogens with two attached hydrogens (primary N) is 1. The maximum Gasteiger partial charge on any atom is 0.269 e. The van der Waals surface area contributed by atoms with Crippen molar-refractivity contribution in [3.63, 3.8) is 0 Å². The first-order valence-electron chi connectivity index (χ1n) is 6.54. The molecular formula is C14H21N3O3. The van der Waals surface area contributed by atoms with Gasteiger partial charge in [-0.05, 0) is 11.5 Å². The van der Waals surface area contributed by atoms with Crippen molar-refractivity contribution in [2.24, 2.45) is 11.7 Å². The van der Waals surface area contributed by atoms with Crippen LogP contribution in [0.3, 0.4) is 0 Å². The van der Waals surface area contributed by atoms with Crippen LogP contribution in [-0.2, 0) is 11.3 Å². The third kappa shape index (κ3) is 4.62. The molecule has 0 heterocycles. The maximum absolute atomic E-state index is 12.0. The minimum absolute atomic E-state index is 0.0298. The molecule has 0 fully saturated rings. The maximum atomic E-state index is 12.0. The van der Waals surface area contributed by atoms with Crippen LogP contribution in [0.4, 0.5) is 5.69 Å². The van der Waals surface area contributed by atoms with Gasteiger partial charge >= 0.3 is 0 Å². The van der Waals surface area contributed by atoms with Crippen LogP contribution in [0.15, 0.2) is 24.3 Å². The van der Waals surface area contributed by atoms with Gasteiger partial charge in [0.15, 0.2) is 0 Å². The van der Waals surface area contributed by atoms with E-state index in [1.165, 1.54) is 12.1 Å². The zero-order chi connectivity index (χ0) is 15.3. The Kier molecular flexibility index (Phi) is 5.64. The van der Waals surface area contributed by atoms with Gasteiger partial charge in [0.05, 0.1) is 4.92 Å². The molecule has 0 aromatic heterocycles. The highest BCUT2D eigenvalue weighted by Crippen LogP contribution is 2.15. The minimum Gasteiger partial charge on any atom is -0.341 e. The van der Waals surface area contributed by atoms with Crippen LogP contribution < -0.4 is 5.73 Å². The summed E-state index contributed by atoms with van der Waals surface area (Å²) < 4.78 is 0. The van der Waals surface area contributed by atoms with E-state index < -0.39 is 4.92 Å². The normalized spacial score (nSPS) is 12.2. The van der Waals surface area contributed by atoms with Gasteiger partial charge in [0.25, 0.3) is 5.69 Å². The Morgan fingerprint density at radius 3 is 2.65 bits per heavy atom. The molecule has 1 unspecified atom stereocenters. The summed E-state index contributed by atoms with van der Waals surface area (Å²) in [5, 5.41) is 10.7. The minimum atomic E-state index is -0.444. The van der Waals surface area contributed by atoms with Crippen molar-refractivity contribution in [3.8, 4) is 0 Å². The van der Waals surface area contributed by atoms with Gasteiger partial charge in [-0.15, -0.1) is 0 Å². The molecule has 1 aromatic rings. The standard InChI is InChI=1S/C14H21N3O3/c1-10(2)13(15)8-14(18)16(3)9-11-5-4-6-12(7-11)17(19)20/h4-7,10,13H,8-9,15H2,1-3H3. The molecule has 6 nitrogen and oxygen atoms in total. The monoisotopic (exact) mass is 279 g/mol. The number of non-ortho nitro benzene ring substituents is 1. The quantitative estimate of drug-likeness (QED) is 0.636. The average molecular weight is 279 g/mol. The smallest absolute Gasteiger partial charge is 0.269 e. The first-order valence-corrected chi connectivity index (χ1v) is 6.54. The Bertz CT molecular complexity index is 488. The first kappa shape index (κ1) is 16.1. The number of nitro groups is 1. The molecule has 0 aliphatic carbocycles. The lowest BCUT2D eigenvalue weighted by molar-refractivity contribution is -0.384. The van der Waals surface area contributed by atoms with Crippen molar-refractivity contribution in [2.45, 2.75) is 32.9 Å². The predicted octanol–water partition coefficient (Wildman–Crippen LogP) is 1.93. The number of carbonyl (C=O) groups is 1. The van der Waals surface area contributed by atoms with Crippen LogP contribution in [0.2, 0.25) is 0 Å². The van der Waals surface area contributed by atoms with Crippen molar-refractivity contribution >= 4 is 11.6 Å². The Balaban J connectivity index is 2.66. The van der Waals surface area contributed by atoms with E-state index in [4.69, 9.17) is 5.73 Å². The summed E-state index contributed by atoms with van der Waals surface area (Å²) in [5.41, 5.74) is 6.64. The lowest BCUT2D eigenvalue weighted by Gasteiger charge is -2.21. The number of hydrogen-bond acceptors (Lipinski definition) is 4. The van der Waals surface area contributed by atoms with E-state index in [0.29, 0.717) is 6.54 Å². The summed E-state index contributed by atoms with van der Waals surface area (Å²) >= 11 is 0. The second-order valence-electron chi connectivity index (χ2n) is 5.29. The zero-order valence-electron chi connectivity index (χ0n) is 12.1. The van der Waals surface area contributed by atoms with E-state index in [1.54, 1.807) is 24.1 Å². The second-order valence-corrected chi connectivity index (χ2v) is 5.29. The number of nitrogens with zero attached hydrogens (tertiary/aromatic N) is 2. The SMILES string of the molecule is CC(C)C(N)CC(=O)N(C)Cc1cccc([N+](=O)[O-])c1. The molecule has 20 heavy (non-hydrogen) atoms. The second kappa shape index (κ2) is 7.00. The van der Waals surface area contributed by atoms with Crippen molar-refractivity contribution in [1.29, 1.82) is 0 Å². The molecule has 1 atom stereocenters. The predicted molar refractivity (Wildman–Crippen MR) is 77.0 cm³/mol. The van der Waals surface area contributed by atoms with Gasteiger partial charge in [-0.1, -0.05) is 26.0 Å². The number of amides is 1. The Morgan fingerprint density at radius 2 is 2.10 bits per heavy atom. The van der Waals surface area contributed by atoms with Crippen molar-refractivity contribution in [3.05, 3.63) is 39.9 Å². The Hall–Kier alpha value is -1.95. The highest BCUT2D eigenvalue weighted by atomic mass is 16.6. The molecule has 1 aromatic carbocycles. The van der Waals surface area contributed by atoms with Crippen LogP contribution in [0, 0.1) is 16.0 Å². The molecule has 2 N–H and O–H groups in total. The number of nitro benzene ring substituents is 1. The molecule has 0 aliphatic rings. The highest BCUT2D eigenvalue weighted by molar-refractivity contribution is 5.76. The van der Waals surface area contributed by atoms with Gasteiger partial charge in [-0.2, -0.15) is 0 Å². The molecular weight excluding hydrogens is 258 g/mol. The summed E-state index contributed by atoms with van der Waals surface area (Å²) in [5.74, 6) is 0.183. The summed E-state index contributed by atoms with van der Waals surface area (Å²) in [6.45, 7) is 4.28. The van der Waals surface area contributed by atoms with Crippen molar-refractivity contribution < 1.29 is 9.72 Å². The van der Waals surface area contributed by atoms with E-state index in [0.717, 1.165) is 5.56 Å². The number of benzene rings is 1. The van der Waals surface area contributed by atoms with Crippen molar-refractivity contribution in [1.82, 2.24) is 4.90 Å². The Labute approximate surface area is 118 Å². The van der Waals surface area contributed by atoms with Crippen LogP contribution in [0.1, 0.15) is 25.8 Å². The molecule has 6 heteroatoms. The van der Waals surface area contributed by atoms with Crippen LogP contribution in [0.5, 0.6) is 0 Å². The highest BCUT2D eigenvalue weighted by Gasteiger charge is 2.17. The largest absolute Gasteiger partial charge is 0.341 e. The van der Waals surface area contributed by atoms with Gasteiger partial charge in [0.2, 0.25) is 5.91 Å². The fraction of sp³-hybridized carbons (Fsp3) is 0.500. The molecule has 0 aliphatic heterocycles. The number of hydrogen-bond donors (Lipinski definition) is 1. The lowest BCUT2D eigenvalue weighted by atomic mass is 10.0. The van der Waals surface area contributed by atoms with Gasteiger partial charge in [0, 0.05) is 38.2 Å². The van der Waals surface area contributed by atoms with E-state index in [2.05, 4.69) is 0 Å². The molecule has 0 bridgehead atoms. The van der Waals surface area contributed by atoms with Gasteiger partial charge in [-0.3, -0.25) is 14.9 Å². The van der Waals surface area contributed by atoms with Gasteiger partial charge in [-0.25, -0.2) is 0 Å². The van der Waals surface area contributed by atoms with E-state index in [-0.39, 0.29) is 30.0 Å². The molecule has 1 rings (SSSR count). The van der Waals surface area contributed by atoms with Crippen LogP contribution >= 0.6 is 0 Å². The average Bonchev–Trinajstić information content (AvgIpc) is 2.38. The summed E-state index contributed by atoms with van der Waals surface area (Å²) in [7, 11) is 1.67. The topological polar surface area (TPSA) is 89.5 Å². The molecule has 0 saturated heterocycles. The fourth-order valence-electron chi connectivity index (χ4n) is 1.72. The number of rotatable bonds is 6. The van der Waals surface area contributed by atoms with Crippen molar-refractivity contribution in [2.75, 3.05) is 7.05 Å². The molecule has 110 valence electrons. The Morgan fingerprint density at radius 1 is 1.45 bits per heavy atom. The molecule has 0 radical (unpaired) electrons. The summed E-state index contributed by atoms with van der Waals surface area (Å²) in [6, 6.07) is 6.12. The third-order valence-corrected chi connectivity index (χ3v) is 3.23. The van der Waals surface area contributed by atoms with E-state index in [9.17, 15) is 14.9 Å². The third-order valence-electron chi connectivity index (χ3n) is 3.23. The molecule has 1 amide bonds. The summed E-state index contributed by atoms with van der Waals surface area (Å²) in [6.07, 6.45) is 0.281. The van der Waals surface area contributed by atoms with Crippen LogP contribution in [-0.4, -0.2) is 28.8 Å². The lowest BCUT2D eigenvalue weighted by Crippen LogP contribution is -2.35. The van der Waals surface area contributed by atoms with E-state index in [1.807, 2.05) is 13.8 Å². The fourth-order valence-corrected chi connectivity index (χ4v) is 1.72. The number of carbonyl (C=O) groups excluding carboxylic acids is 1. The first-order chi connectivity index (χ1) is 9.31. The van der Waals surface area contributed by atoms with Crippen LogP contribution in [0.25, 0.3) is 0 Å². The zero-order valence-corrected chi connectivity index (χ0v) is 12.1. The van der Waals surface area contributed by atoms with Gasteiger partial charge in [0.1, 0.15) is 0 Å². The molecule has 0 spiro atoms.